The summed E-state index contributed by atoms with van der Waals surface area (Å²) in [4.78, 5) is 35.8. The number of pyridine rings is 1. The zero-order chi connectivity index (χ0) is 19.8. The van der Waals surface area contributed by atoms with Crippen molar-refractivity contribution in [1.29, 1.82) is 0 Å². The molecule has 0 atom stereocenters. The highest BCUT2D eigenvalue weighted by atomic mass is 16.7. The molecule has 0 aliphatic carbocycles. The Morgan fingerprint density at radius 2 is 1.93 bits per heavy atom. The van der Waals surface area contributed by atoms with Crippen LogP contribution in [-0.2, 0) is 11.2 Å². The average Bonchev–Trinajstić information content (AvgIpc) is 3.22. The number of benzene rings is 1. The molecule has 29 heavy (non-hydrogen) atoms. The Bertz CT molecular complexity index is 1130. The van der Waals surface area contributed by atoms with E-state index in [1.54, 1.807) is 29.2 Å². The lowest BCUT2D eigenvalue weighted by molar-refractivity contribution is -0.131. The van der Waals surface area contributed by atoms with E-state index in [4.69, 9.17) is 9.47 Å². The highest BCUT2D eigenvalue weighted by molar-refractivity contribution is 5.79. The first kappa shape index (κ1) is 17.7. The Hall–Kier alpha value is -3.42. The molecule has 3 aromatic rings. The first-order chi connectivity index (χ1) is 14.2. The second-order valence-electron chi connectivity index (χ2n) is 7.31. The summed E-state index contributed by atoms with van der Waals surface area (Å²) >= 11 is 0. The van der Waals surface area contributed by atoms with Crippen molar-refractivity contribution in [1.82, 2.24) is 19.4 Å². The maximum Gasteiger partial charge on any atom is 0.263 e. The molecule has 1 saturated heterocycles. The van der Waals surface area contributed by atoms with Crippen LogP contribution in [0, 0.1) is 0 Å². The molecule has 1 aromatic carbocycles. The molecule has 148 valence electrons. The highest BCUT2D eigenvalue weighted by Crippen LogP contribution is 2.32. The Morgan fingerprint density at radius 1 is 1.10 bits per heavy atom. The van der Waals surface area contributed by atoms with Crippen molar-refractivity contribution in [3.63, 3.8) is 0 Å². The maximum atomic E-state index is 12.8. The molecule has 0 saturated carbocycles. The second kappa shape index (κ2) is 7.20. The maximum absolute atomic E-state index is 12.8. The zero-order valence-electron chi connectivity index (χ0n) is 15.8. The Labute approximate surface area is 166 Å². The van der Waals surface area contributed by atoms with E-state index in [1.807, 2.05) is 23.1 Å². The van der Waals surface area contributed by atoms with E-state index in [-0.39, 0.29) is 24.3 Å². The number of carbonyl (C=O) groups excluding carboxylic acids is 1. The summed E-state index contributed by atoms with van der Waals surface area (Å²) in [5, 5.41) is 0.524. The zero-order valence-corrected chi connectivity index (χ0v) is 15.8. The summed E-state index contributed by atoms with van der Waals surface area (Å²) in [6.45, 7) is 1.45. The van der Waals surface area contributed by atoms with Gasteiger partial charge < -0.3 is 14.4 Å². The molecule has 1 amide bonds. The Kier molecular flexibility index (Phi) is 4.38. The smallest absolute Gasteiger partial charge is 0.263 e. The number of hydrogen-bond donors (Lipinski definition) is 0. The van der Waals surface area contributed by atoms with Gasteiger partial charge in [-0.15, -0.1) is 0 Å². The van der Waals surface area contributed by atoms with Gasteiger partial charge in [-0.2, -0.15) is 0 Å². The van der Waals surface area contributed by atoms with Crippen LogP contribution in [0.15, 0.2) is 47.7 Å². The molecular weight excluding hydrogens is 372 g/mol. The first-order valence-corrected chi connectivity index (χ1v) is 9.67. The standard InChI is InChI=1S/C21H20N4O4/c26-19(11-14-3-4-17-18(10-14)29-13-28-17)24-8-5-15(6-9-24)25-12-23-20-16(21(25)27)2-1-7-22-20/h1-4,7,10,12,15H,5-6,8-9,11,13H2. The summed E-state index contributed by atoms with van der Waals surface area (Å²) in [5.74, 6) is 1.48. The van der Waals surface area contributed by atoms with Crippen molar-refractivity contribution in [3.05, 3.63) is 58.8 Å². The van der Waals surface area contributed by atoms with Gasteiger partial charge in [-0.05, 0) is 42.7 Å². The molecule has 2 aromatic heterocycles. The third-order valence-corrected chi connectivity index (χ3v) is 5.56. The third kappa shape index (κ3) is 3.30. The van der Waals surface area contributed by atoms with E-state index >= 15 is 0 Å². The van der Waals surface area contributed by atoms with Gasteiger partial charge in [0.25, 0.3) is 5.56 Å². The van der Waals surface area contributed by atoms with Crippen LogP contribution in [-0.4, -0.2) is 45.2 Å². The molecule has 0 unspecified atom stereocenters. The minimum Gasteiger partial charge on any atom is -0.454 e. The van der Waals surface area contributed by atoms with Crippen LogP contribution in [0.3, 0.4) is 0 Å². The lowest BCUT2D eigenvalue weighted by Crippen LogP contribution is -2.41. The van der Waals surface area contributed by atoms with Crippen molar-refractivity contribution >= 4 is 16.9 Å². The number of likely N-dealkylation sites (tertiary alicyclic amines) is 1. The summed E-state index contributed by atoms with van der Waals surface area (Å²) in [5.41, 5.74) is 1.29. The number of fused-ring (bicyclic) bond motifs is 2. The first-order valence-electron chi connectivity index (χ1n) is 9.67. The van der Waals surface area contributed by atoms with Crippen molar-refractivity contribution in [3.8, 4) is 11.5 Å². The fraction of sp³-hybridized carbons (Fsp3) is 0.333. The van der Waals surface area contributed by atoms with Crippen LogP contribution in [0.25, 0.3) is 11.0 Å². The largest absolute Gasteiger partial charge is 0.454 e. The van der Waals surface area contributed by atoms with Gasteiger partial charge >= 0.3 is 0 Å². The van der Waals surface area contributed by atoms with Gasteiger partial charge in [0.15, 0.2) is 17.1 Å². The van der Waals surface area contributed by atoms with Crippen LogP contribution in [0.1, 0.15) is 24.4 Å². The molecule has 8 heteroatoms. The topological polar surface area (TPSA) is 86.6 Å². The molecule has 4 heterocycles. The van der Waals surface area contributed by atoms with Gasteiger partial charge in [0.05, 0.1) is 11.8 Å². The van der Waals surface area contributed by atoms with Gasteiger partial charge in [0, 0.05) is 25.3 Å². The Morgan fingerprint density at radius 3 is 2.79 bits per heavy atom. The molecule has 0 spiro atoms. The number of hydrogen-bond acceptors (Lipinski definition) is 6. The molecule has 0 bridgehead atoms. The molecule has 8 nitrogen and oxygen atoms in total. The molecule has 5 rings (SSSR count). The normalized spacial score (nSPS) is 16.3. The second-order valence-corrected chi connectivity index (χ2v) is 7.31. The fourth-order valence-electron chi connectivity index (χ4n) is 3.97. The molecule has 1 fully saturated rings. The highest BCUT2D eigenvalue weighted by Gasteiger charge is 2.25. The number of ether oxygens (including phenoxy) is 2. The quantitative estimate of drug-likeness (QED) is 0.677. The van der Waals surface area contributed by atoms with Crippen LogP contribution < -0.4 is 15.0 Å². The summed E-state index contributed by atoms with van der Waals surface area (Å²) < 4.78 is 12.4. The molecule has 2 aliphatic rings. The summed E-state index contributed by atoms with van der Waals surface area (Å²) in [6, 6.07) is 9.12. The van der Waals surface area contributed by atoms with E-state index in [2.05, 4.69) is 9.97 Å². The lowest BCUT2D eigenvalue weighted by Gasteiger charge is -2.33. The predicted octanol–water partition coefficient (Wildman–Crippen LogP) is 1.93. The molecule has 0 N–H and O–H groups in total. The monoisotopic (exact) mass is 392 g/mol. The van der Waals surface area contributed by atoms with Crippen LogP contribution >= 0.6 is 0 Å². The summed E-state index contributed by atoms with van der Waals surface area (Å²) in [7, 11) is 0. The molecule has 2 aliphatic heterocycles. The van der Waals surface area contributed by atoms with Gasteiger partial charge in [-0.3, -0.25) is 14.2 Å². The van der Waals surface area contributed by atoms with Crippen molar-refractivity contribution in [2.24, 2.45) is 0 Å². The van der Waals surface area contributed by atoms with Crippen LogP contribution in [0.4, 0.5) is 0 Å². The van der Waals surface area contributed by atoms with Crippen molar-refractivity contribution in [2.45, 2.75) is 25.3 Å². The minimum absolute atomic E-state index is 0.0363. The number of rotatable bonds is 3. The van der Waals surface area contributed by atoms with Gasteiger partial charge in [-0.25, -0.2) is 9.97 Å². The molecular formula is C21H20N4O4. The number of amides is 1. The van der Waals surface area contributed by atoms with E-state index in [0.717, 1.165) is 18.4 Å². The number of aromatic nitrogens is 3. The lowest BCUT2D eigenvalue weighted by atomic mass is 10.0. The minimum atomic E-state index is -0.0757. The van der Waals surface area contributed by atoms with E-state index in [1.165, 1.54) is 0 Å². The SMILES string of the molecule is O=C(Cc1ccc2c(c1)OCO2)N1CCC(n2cnc3ncccc3c2=O)CC1. The van der Waals surface area contributed by atoms with E-state index in [0.29, 0.717) is 42.0 Å². The van der Waals surface area contributed by atoms with Crippen molar-refractivity contribution in [2.75, 3.05) is 19.9 Å². The van der Waals surface area contributed by atoms with Crippen LogP contribution in [0.5, 0.6) is 11.5 Å². The fourth-order valence-corrected chi connectivity index (χ4v) is 3.97. The van der Waals surface area contributed by atoms with Gasteiger partial charge in [-0.1, -0.05) is 6.07 Å². The van der Waals surface area contributed by atoms with E-state index in [9.17, 15) is 9.59 Å². The summed E-state index contributed by atoms with van der Waals surface area (Å²) in [6.07, 6.45) is 4.97. The van der Waals surface area contributed by atoms with Gasteiger partial charge in [0.1, 0.15) is 6.33 Å². The Balaban J connectivity index is 1.25. The third-order valence-electron chi connectivity index (χ3n) is 5.56. The van der Waals surface area contributed by atoms with Crippen molar-refractivity contribution < 1.29 is 14.3 Å². The van der Waals surface area contributed by atoms with Crippen LogP contribution in [0.2, 0.25) is 0 Å². The number of nitrogens with zero attached hydrogens (tertiary/aromatic N) is 4. The predicted molar refractivity (Wildman–Crippen MR) is 105 cm³/mol. The number of carbonyl (C=O) groups is 1. The number of piperidine rings is 1. The van der Waals surface area contributed by atoms with Gasteiger partial charge in [0.2, 0.25) is 12.7 Å². The van der Waals surface area contributed by atoms with E-state index < -0.39 is 0 Å². The molecule has 0 radical (unpaired) electrons. The average molecular weight is 392 g/mol.